The Labute approximate surface area is 66.7 Å². The van der Waals surface area contributed by atoms with Crippen molar-refractivity contribution in [1.29, 1.82) is 0 Å². The molecular weight excluding hydrogens is 138 g/mol. The number of hydrogen-bond acceptors (Lipinski definition) is 2. The van der Waals surface area contributed by atoms with Gasteiger partial charge in [0.05, 0.1) is 0 Å². The smallest absolute Gasteiger partial charge is 0.109 e. The van der Waals surface area contributed by atoms with Crippen LogP contribution >= 0.6 is 0 Å². The van der Waals surface area contributed by atoms with Crippen LogP contribution in [-0.2, 0) is 0 Å². The fourth-order valence-corrected chi connectivity index (χ4v) is 0.954. The molecule has 0 bridgehead atoms. The van der Waals surface area contributed by atoms with Gasteiger partial charge in [-0.3, -0.25) is 0 Å². The number of hydrogen-bond donors (Lipinski definition) is 2. The average Bonchev–Trinajstić information content (AvgIpc) is 2.05. The number of aliphatic hydroxyl groups excluding tert-OH is 1. The molecule has 1 aromatic rings. The van der Waals surface area contributed by atoms with Crippen molar-refractivity contribution < 1.29 is 5.11 Å². The first kappa shape index (κ1) is 8.24. The van der Waals surface area contributed by atoms with Crippen LogP contribution in [0.2, 0.25) is 0 Å². The monoisotopic (exact) mass is 151 g/mol. The van der Waals surface area contributed by atoms with Gasteiger partial charge in [-0.2, -0.15) is 0 Å². The molecule has 1 aromatic carbocycles. The van der Waals surface area contributed by atoms with E-state index in [4.69, 9.17) is 10.8 Å². The van der Waals surface area contributed by atoms with Gasteiger partial charge in [0.2, 0.25) is 0 Å². The summed E-state index contributed by atoms with van der Waals surface area (Å²) in [4.78, 5) is 0. The van der Waals surface area contributed by atoms with Crippen molar-refractivity contribution in [2.24, 2.45) is 5.73 Å². The summed E-state index contributed by atoms with van der Waals surface area (Å²) in [5, 5.41) is 9.05. The van der Waals surface area contributed by atoms with E-state index in [1.54, 1.807) is 0 Å². The minimum absolute atomic E-state index is 0.0104. The van der Waals surface area contributed by atoms with Crippen molar-refractivity contribution in [3.05, 3.63) is 35.9 Å². The van der Waals surface area contributed by atoms with Gasteiger partial charge in [0.15, 0.2) is 0 Å². The normalized spacial score (nSPS) is 15.9. The molecule has 11 heavy (non-hydrogen) atoms. The van der Waals surface area contributed by atoms with Crippen molar-refractivity contribution >= 4 is 0 Å². The van der Waals surface area contributed by atoms with Gasteiger partial charge in [-0.1, -0.05) is 37.3 Å². The zero-order valence-corrected chi connectivity index (χ0v) is 6.57. The number of nitrogens with two attached hydrogens (primary N) is 1. The predicted octanol–water partition coefficient (Wildman–Crippen LogP) is 1.07. The van der Waals surface area contributed by atoms with Crippen LogP contribution in [0.15, 0.2) is 30.3 Å². The fourth-order valence-electron chi connectivity index (χ4n) is 0.954. The number of rotatable bonds is 2. The van der Waals surface area contributed by atoms with E-state index in [9.17, 15) is 0 Å². The first-order chi connectivity index (χ1) is 5.22. The maximum absolute atomic E-state index is 9.05. The van der Waals surface area contributed by atoms with Crippen LogP contribution in [0.1, 0.15) is 18.4 Å². The summed E-state index contributed by atoms with van der Waals surface area (Å²) in [6.45, 7) is 1.90. The zero-order valence-electron chi connectivity index (χ0n) is 6.57. The van der Waals surface area contributed by atoms with Crippen LogP contribution in [0.5, 0.6) is 0 Å². The molecule has 0 fully saturated rings. The van der Waals surface area contributed by atoms with Gasteiger partial charge in [0, 0.05) is 5.92 Å². The lowest BCUT2D eigenvalue weighted by Gasteiger charge is -2.13. The van der Waals surface area contributed by atoms with E-state index in [1.165, 1.54) is 0 Å². The summed E-state index contributed by atoms with van der Waals surface area (Å²) in [6, 6.07) is 9.74. The summed E-state index contributed by atoms with van der Waals surface area (Å²) in [5.74, 6) is 0.0104. The average molecular weight is 151 g/mol. The largest absolute Gasteiger partial charge is 0.378 e. The molecule has 3 N–H and O–H groups in total. The lowest BCUT2D eigenvalue weighted by atomic mass is 10.0. The highest BCUT2D eigenvalue weighted by atomic mass is 16.3. The molecule has 0 radical (unpaired) electrons. The molecule has 0 aliphatic carbocycles. The van der Waals surface area contributed by atoms with Crippen molar-refractivity contribution in [2.75, 3.05) is 0 Å². The van der Waals surface area contributed by atoms with Crippen LogP contribution in [0, 0.1) is 0 Å². The molecule has 2 heteroatoms. The molecule has 0 saturated heterocycles. The van der Waals surface area contributed by atoms with Crippen molar-refractivity contribution in [2.45, 2.75) is 19.1 Å². The Hall–Kier alpha value is -0.860. The molecule has 2 atom stereocenters. The zero-order chi connectivity index (χ0) is 8.27. The predicted molar refractivity (Wildman–Crippen MR) is 45.1 cm³/mol. The third-order valence-corrected chi connectivity index (χ3v) is 1.84. The fraction of sp³-hybridized carbons (Fsp3) is 0.333. The summed E-state index contributed by atoms with van der Waals surface area (Å²) in [6.07, 6.45) is -0.766. The lowest BCUT2D eigenvalue weighted by Crippen LogP contribution is -2.25. The van der Waals surface area contributed by atoms with Crippen molar-refractivity contribution in [1.82, 2.24) is 0 Å². The number of aliphatic hydroxyl groups is 1. The van der Waals surface area contributed by atoms with E-state index < -0.39 is 6.23 Å². The highest BCUT2D eigenvalue weighted by Gasteiger charge is 2.09. The summed E-state index contributed by atoms with van der Waals surface area (Å²) in [7, 11) is 0. The van der Waals surface area contributed by atoms with E-state index in [0.29, 0.717) is 0 Å². The number of benzene rings is 1. The molecule has 0 aliphatic heterocycles. The molecule has 0 spiro atoms. The van der Waals surface area contributed by atoms with Gasteiger partial charge in [0.25, 0.3) is 0 Å². The van der Waals surface area contributed by atoms with Crippen LogP contribution in [-0.4, -0.2) is 11.3 Å². The molecule has 0 amide bonds. The quantitative estimate of drug-likeness (QED) is 0.621. The van der Waals surface area contributed by atoms with Crippen molar-refractivity contribution in [3.8, 4) is 0 Å². The Bertz CT molecular complexity index is 208. The van der Waals surface area contributed by atoms with E-state index in [1.807, 2.05) is 37.3 Å². The third kappa shape index (κ3) is 2.03. The second-order valence-electron chi connectivity index (χ2n) is 2.69. The van der Waals surface area contributed by atoms with Crippen LogP contribution < -0.4 is 5.73 Å². The highest BCUT2D eigenvalue weighted by Crippen LogP contribution is 2.15. The Morgan fingerprint density at radius 1 is 1.27 bits per heavy atom. The SMILES string of the molecule is CC(c1ccccc1)C(N)O. The van der Waals surface area contributed by atoms with Crippen LogP contribution in [0.4, 0.5) is 0 Å². The molecule has 0 aliphatic rings. The van der Waals surface area contributed by atoms with Gasteiger partial charge in [-0.05, 0) is 5.56 Å². The molecule has 0 heterocycles. The highest BCUT2D eigenvalue weighted by molar-refractivity contribution is 5.19. The van der Waals surface area contributed by atoms with Gasteiger partial charge >= 0.3 is 0 Å². The second kappa shape index (κ2) is 3.51. The second-order valence-corrected chi connectivity index (χ2v) is 2.69. The minimum atomic E-state index is -0.766. The van der Waals surface area contributed by atoms with E-state index in [2.05, 4.69) is 0 Å². The molecule has 2 unspecified atom stereocenters. The lowest BCUT2D eigenvalue weighted by molar-refractivity contribution is 0.156. The van der Waals surface area contributed by atoms with Gasteiger partial charge < -0.3 is 10.8 Å². The van der Waals surface area contributed by atoms with E-state index in [-0.39, 0.29) is 5.92 Å². The maximum atomic E-state index is 9.05. The molecule has 60 valence electrons. The van der Waals surface area contributed by atoms with Crippen LogP contribution in [0.3, 0.4) is 0 Å². The van der Waals surface area contributed by atoms with Gasteiger partial charge in [-0.25, -0.2) is 0 Å². The first-order valence-corrected chi connectivity index (χ1v) is 3.70. The summed E-state index contributed by atoms with van der Waals surface area (Å²) in [5.41, 5.74) is 6.40. The molecule has 1 rings (SSSR count). The molecule has 2 nitrogen and oxygen atoms in total. The van der Waals surface area contributed by atoms with Gasteiger partial charge in [0.1, 0.15) is 6.23 Å². The summed E-state index contributed by atoms with van der Waals surface area (Å²) >= 11 is 0. The van der Waals surface area contributed by atoms with Crippen molar-refractivity contribution in [3.63, 3.8) is 0 Å². The molecule has 0 aromatic heterocycles. The maximum Gasteiger partial charge on any atom is 0.109 e. The van der Waals surface area contributed by atoms with E-state index >= 15 is 0 Å². The Morgan fingerprint density at radius 3 is 2.27 bits per heavy atom. The Morgan fingerprint density at radius 2 is 1.82 bits per heavy atom. The van der Waals surface area contributed by atoms with Gasteiger partial charge in [-0.15, -0.1) is 0 Å². The minimum Gasteiger partial charge on any atom is -0.378 e. The Kier molecular flexibility index (Phi) is 2.63. The molecular formula is C9H13NO. The standard InChI is InChI=1S/C9H13NO/c1-7(9(10)11)8-5-3-2-4-6-8/h2-7,9,11H,10H2,1H3. The van der Waals surface area contributed by atoms with Crippen LogP contribution in [0.25, 0.3) is 0 Å². The molecule has 0 saturated carbocycles. The first-order valence-electron chi connectivity index (χ1n) is 3.70. The topological polar surface area (TPSA) is 46.2 Å². The third-order valence-electron chi connectivity index (χ3n) is 1.84. The summed E-state index contributed by atoms with van der Waals surface area (Å²) < 4.78 is 0. The Balaban J connectivity index is 2.77. The van der Waals surface area contributed by atoms with E-state index in [0.717, 1.165) is 5.56 Å².